The van der Waals surface area contributed by atoms with Gasteiger partial charge in [-0.3, -0.25) is 4.79 Å². The summed E-state index contributed by atoms with van der Waals surface area (Å²) in [6.07, 6.45) is 1.15. The molecule has 0 aliphatic carbocycles. The second kappa shape index (κ2) is 14.1. The molecule has 227 valence electrons. The van der Waals surface area contributed by atoms with E-state index in [-0.39, 0.29) is 36.8 Å². The monoisotopic (exact) mass is 593 g/mol. The number of nitrogens with zero attached hydrogens (tertiary/aromatic N) is 3. The SMILES string of the molecule is C[Si](C)OCN(CC(=O)Nc1ccc(OC2CCN(C(=O)OC(C)(C)C)CC2)cc1)c1cc(C#N)ccc1C(C)(C)C. The van der Waals surface area contributed by atoms with E-state index in [1.807, 2.05) is 81.2 Å². The predicted molar refractivity (Wildman–Crippen MR) is 167 cm³/mol. The van der Waals surface area contributed by atoms with E-state index in [2.05, 4.69) is 32.2 Å². The lowest BCUT2D eigenvalue weighted by Crippen LogP contribution is -2.44. The van der Waals surface area contributed by atoms with Crippen LogP contribution in [-0.2, 0) is 19.4 Å². The first-order valence-electron chi connectivity index (χ1n) is 14.4. The molecule has 2 amide bonds. The van der Waals surface area contributed by atoms with Crippen LogP contribution < -0.4 is 15.0 Å². The lowest BCUT2D eigenvalue weighted by molar-refractivity contribution is -0.115. The molecule has 1 fully saturated rings. The molecule has 1 radical (unpaired) electrons. The van der Waals surface area contributed by atoms with Crippen LogP contribution in [0.4, 0.5) is 16.2 Å². The van der Waals surface area contributed by atoms with Gasteiger partial charge < -0.3 is 29.0 Å². The fraction of sp³-hybridized carbons (Fsp3) is 0.531. The molecule has 1 aliphatic heterocycles. The number of ether oxygens (including phenoxy) is 2. The van der Waals surface area contributed by atoms with Gasteiger partial charge in [-0.2, -0.15) is 5.26 Å². The molecule has 1 N–H and O–H groups in total. The first-order valence-corrected chi connectivity index (χ1v) is 16.8. The lowest BCUT2D eigenvalue weighted by atomic mass is 9.85. The van der Waals surface area contributed by atoms with E-state index in [0.717, 1.165) is 24.1 Å². The summed E-state index contributed by atoms with van der Waals surface area (Å²) in [5.74, 6) is 0.521. The fourth-order valence-corrected chi connectivity index (χ4v) is 4.98. The largest absolute Gasteiger partial charge is 0.490 e. The number of hydrogen-bond acceptors (Lipinski definition) is 7. The van der Waals surface area contributed by atoms with E-state index >= 15 is 0 Å². The quantitative estimate of drug-likeness (QED) is 0.269. The maximum atomic E-state index is 13.2. The minimum Gasteiger partial charge on any atom is -0.490 e. The number of carbonyl (C=O) groups excluding carboxylic acids is 2. The summed E-state index contributed by atoms with van der Waals surface area (Å²) in [6.45, 7) is 17.5. The molecule has 2 aromatic carbocycles. The molecule has 1 heterocycles. The van der Waals surface area contributed by atoms with Gasteiger partial charge in [0.1, 0.15) is 24.2 Å². The normalized spacial score (nSPS) is 14.3. The summed E-state index contributed by atoms with van der Waals surface area (Å²) in [5.41, 5.74) is 2.35. The van der Waals surface area contributed by atoms with Gasteiger partial charge in [-0.25, -0.2) is 4.79 Å². The molecule has 1 saturated heterocycles. The molecule has 0 atom stereocenters. The average Bonchev–Trinajstić information content (AvgIpc) is 2.90. The Balaban J connectivity index is 1.61. The zero-order valence-corrected chi connectivity index (χ0v) is 27.2. The summed E-state index contributed by atoms with van der Waals surface area (Å²) in [5, 5.41) is 12.5. The highest BCUT2D eigenvalue weighted by molar-refractivity contribution is 6.48. The zero-order chi connectivity index (χ0) is 31.1. The second-order valence-electron chi connectivity index (χ2n) is 12.8. The molecule has 10 heteroatoms. The van der Waals surface area contributed by atoms with Gasteiger partial charge in [0.2, 0.25) is 14.9 Å². The molecule has 2 aromatic rings. The highest BCUT2D eigenvalue weighted by atomic mass is 28.3. The third-order valence-electron chi connectivity index (χ3n) is 6.65. The van der Waals surface area contributed by atoms with Gasteiger partial charge in [0.25, 0.3) is 0 Å². The molecule has 1 aliphatic rings. The van der Waals surface area contributed by atoms with E-state index in [0.29, 0.717) is 30.1 Å². The van der Waals surface area contributed by atoms with Crippen LogP contribution in [-0.4, -0.2) is 64.0 Å². The number of carbonyl (C=O) groups is 2. The van der Waals surface area contributed by atoms with E-state index in [4.69, 9.17) is 13.9 Å². The molecule has 42 heavy (non-hydrogen) atoms. The Bertz CT molecular complexity index is 1250. The van der Waals surface area contributed by atoms with Crippen molar-refractivity contribution in [1.82, 2.24) is 4.90 Å². The molecule has 0 saturated carbocycles. The Kier molecular flexibility index (Phi) is 11.0. The summed E-state index contributed by atoms with van der Waals surface area (Å²) in [4.78, 5) is 29.1. The van der Waals surface area contributed by atoms with Gasteiger partial charge in [-0.05, 0) is 81.2 Å². The highest BCUT2D eigenvalue weighted by Gasteiger charge is 2.28. The van der Waals surface area contributed by atoms with Crippen molar-refractivity contribution in [2.45, 2.75) is 84.6 Å². The second-order valence-corrected chi connectivity index (χ2v) is 14.9. The average molecular weight is 594 g/mol. The Hall–Kier alpha value is -3.55. The minimum absolute atomic E-state index is 0.00225. The minimum atomic E-state index is -1.00. The first kappa shape index (κ1) is 33.0. The molecule has 9 nitrogen and oxygen atoms in total. The maximum absolute atomic E-state index is 13.2. The van der Waals surface area contributed by atoms with Crippen molar-refractivity contribution in [1.29, 1.82) is 5.26 Å². The van der Waals surface area contributed by atoms with Crippen LogP contribution in [0.15, 0.2) is 42.5 Å². The van der Waals surface area contributed by atoms with Gasteiger partial charge in [0.15, 0.2) is 0 Å². The van der Waals surface area contributed by atoms with Gasteiger partial charge in [-0.15, -0.1) is 0 Å². The zero-order valence-electron chi connectivity index (χ0n) is 26.2. The Labute approximate surface area is 252 Å². The molecular weight excluding hydrogens is 548 g/mol. The molecule has 0 bridgehead atoms. The van der Waals surface area contributed by atoms with Crippen molar-refractivity contribution in [2.24, 2.45) is 0 Å². The number of anilines is 2. The van der Waals surface area contributed by atoms with Gasteiger partial charge in [0, 0.05) is 37.3 Å². The summed E-state index contributed by atoms with van der Waals surface area (Å²) in [6, 6.07) is 15.1. The number of piperidine rings is 1. The molecular formula is C32H45N4O5Si. The molecule has 0 aromatic heterocycles. The third kappa shape index (κ3) is 10.1. The van der Waals surface area contributed by atoms with Crippen LogP contribution in [0.25, 0.3) is 0 Å². The number of nitriles is 1. The Morgan fingerprint density at radius 3 is 2.24 bits per heavy atom. The van der Waals surface area contributed by atoms with Crippen molar-refractivity contribution >= 4 is 32.4 Å². The van der Waals surface area contributed by atoms with Crippen molar-refractivity contribution in [3.05, 3.63) is 53.6 Å². The van der Waals surface area contributed by atoms with Crippen LogP contribution in [0, 0.1) is 11.3 Å². The number of benzene rings is 2. The summed E-state index contributed by atoms with van der Waals surface area (Å²) >= 11 is 0. The molecule has 0 unspecified atom stereocenters. The van der Waals surface area contributed by atoms with Gasteiger partial charge in [0.05, 0.1) is 18.2 Å². The van der Waals surface area contributed by atoms with E-state index < -0.39 is 14.6 Å². The number of likely N-dealkylation sites (tertiary alicyclic amines) is 1. The van der Waals surface area contributed by atoms with Gasteiger partial charge >= 0.3 is 6.09 Å². The van der Waals surface area contributed by atoms with E-state index in [1.165, 1.54) is 0 Å². The third-order valence-corrected chi connectivity index (χ3v) is 7.36. The van der Waals surface area contributed by atoms with Crippen molar-refractivity contribution in [3.8, 4) is 11.8 Å². The van der Waals surface area contributed by atoms with E-state index in [1.54, 1.807) is 4.90 Å². The van der Waals surface area contributed by atoms with Crippen LogP contribution in [0.2, 0.25) is 13.1 Å². The number of nitrogens with one attached hydrogen (secondary N) is 1. The first-order chi connectivity index (χ1) is 19.6. The van der Waals surface area contributed by atoms with Crippen molar-refractivity contribution < 1.29 is 23.5 Å². The number of amides is 2. The lowest BCUT2D eigenvalue weighted by Gasteiger charge is -2.33. The standard InChI is InChI=1S/C32H45N4O5Si/c1-31(2,3)27-14-9-23(20-33)19-28(27)36(22-39-42(7)8)21-29(37)34-24-10-12-25(13-11-24)40-26-15-17-35(18-16-26)30(38)41-32(4,5)6/h9-14,19,26H,15-18,21-22H2,1-8H3,(H,34,37). The molecule has 0 spiro atoms. The topological polar surface area (TPSA) is 104 Å². The summed E-state index contributed by atoms with van der Waals surface area (Å²) < 4.78 is 17.6. The van der Waals surface area contributed by atoms with E-state index in [9.17, 15) is 14.9 Å². The summed E-state index contributed by atoms with van der Waals surface area (Å²) in [7, 11) is -1.00. The smallest absolute Gasteiger partial charge is 0.410 e. The Morgan fingerprint density at radius 2 is 1.69 bits per heavy atom. The number of hydrogen-bond donors (Lipinski definition) is 1. The molecule has 3 rings (SSSR count). The van der Waals surface area contributed by atoms with Crippen LogP contribution in [0.3, 0.4) is 0 Å². The predicted octanol–water partition coefficient (Wildman–Crippen LogP) is 6.30. The van der Waals surface area contributed by atoms with Crippen molar-refractivity contribution in [2.75, 3.05) is 36.6 Å². The Morgan fingerprint density at radius 1 is 1.05 bits per heavy atom. The maximum Gasteiger partial charge on any atom is 0.410 e. The fourth-order valence-electron chi connectivity index (χ4n) is 4.57. The van der Waals surface area contributed by atoms with Crippen molar-refractivity contribution in [3.63, 3.8) is 0 Å². The van der Waals surface area contributed by atoms with Gasteiger partial charge in [-0.1, -0.05) is 26.8 Å². The number of rotatable bonds is 9. The van der Waals surface area contributed by atoms with Crippen LogP contribution >= 0.6 is 0 Å². The van der Waals surface area contributed by atoms with Crippen LogP contribution in [0.5, 0.6) is 5.75 Å². The van der Waals surface area contributed by atoms with Crippen LogP contribution in [0.1, 0.15) is 65.5 Å². The highest BCUT2D eigenvalue weighted by Crippen LogP contribution is 2.33.